The molecule has 1 aliphatic rings. The summed E-state index contributed by atoms with van der Waals surface area (Å²) in [6, 6.07) is 0. The molecule has 0 aromatic carbocycles. The van der Waals surface area contributed by atoms with Crippen LogP contribution in [0.3, 0.4) is 0 Å². The quantitative estimate of drug-likeness (QED) is 0.643. The lowest BCUT2D eigenvalue weighted by Crippen LogP contribution is -2.42. The van der Waals surface area contributed by atoms with Crippen LogP contribution in [0.15, 0.2) is 0 Å². The maximum atomic E-state index is 5.73. The normalized spacial score (nSPS) is 22.9. The number of terminal acetylenes is 1. The van der Waals surface area contributed by atoms with Gasteiger partial charge in [0.25, 0.3) is 0 Å². The van der Waals surface area contributed by atoms with Gasteiger partial charge in [-0.25, -0.2) is 0 Å². The number of rotatable bonds is 5. The van der Waals surface area contributed by atoms with Gasteiger partial charge in [-0.3, -0.25) is 4.90 Å². The van der Waals surface area contributed by atoms with Gasteiger partial charge in [-0.2, -0.15) is 0 Å². The smallest absolute Gasteiger partial charge is 0.0703 e. The number of nitrogens with zero attached hydrogens (tertiary/aromatic N) is 1. The van der Waals surface area contributed by atoms with E-state index in [4.69, 9.17) is 11.2 Å². The number of hydrogen-bond acceptors (Lipinski definition) is 2. The van der Waals surface area contributed by atoms with Crippen LogP contribution in [-0.4, -0.2) is 37.2 Å². The fraction of sp³-hybridized carbons (Fsp3) is 0.846. The third kappa shape index (κ3) is 5.20. The molecule has 1 saturated heterocycles. The Balaban J connectivity index is 2.16. The summed E-state index contributed by atoms with van der Waals surface area (Å²) < 4.78 is 5.73. The minimum atomic E-state index is 0.408. The summed E-state index contributed by atoms with van der Waals surface area (Å²) in [4.78, 5) is 2.31. The molecule has 0 unspecified atom stereocenters. The molecule has 1 rings (SSSR count). The second-order valence-electron chi connectivity index (χ2n) is 4.76. The zero-order chi connectivity index (χ0) is 11.1. The third-order valence-corrected chi connectivity index (χ3v) is 2.85. The maximum Gasteiger partial charge on any atom is 0.0703 e. The van der Waals surface area contributed by atoms with Crippen LogP contribution in [0.25, 0.3) is 0 Å². The summed E-state index contributed by atoms with van der Waals surface area (Å²) in [5.74, 6) is 3.50. The van der Waals surface area contributed by atoms with E-state index in [1.165, 1.54) is 19.3 Å². The highest BCUT2D eigenvalue weighted by Crippen LogP contribution is 2.14. The first-order chi connectivity index (χ1) is 7.22. The number of hydrogen-bond donors (Lipinski definition) is 0. The van der Waals surface area contributed by atoms with Crippen LogP contribution in [0, 0.1) is 18.3 Å². The highest BCUT2D eigenvalue weighted by Gasteiger charge is 2.19. The van der Waals surface area contributed by atoms with Gasteiger partial charge in [0.05, 0.1) is 19.3 Å². The first-order valence-corrected chi connectivity index (χ1v) is 5.99. The highest BCUT2D eigenvalue weighted by atomic mass is 16.5. The van der Waals surface area contributed by atoms with Gasteiger partial charge in [0.15, 0.2) is 0 Å². The summed E-state index contributed by atoms with van der Waals surface area (Å²) in [5, 5.41) is 0. The monoisotopic (exact) mass is 209 g/mol. The van der Waals surface area contributed by atoms with Gasteiger partial charge in [0, 0.05) is 13.1 Å². The van der Waals surface area contributed by atoms with E-state index >= 15 is 0 Å². The largest absolute Gasteiger partial charge is 0.376 e. The van der Waals surface area contributed by atoms with Crippen LogP contribution in [-0.2, 0) is 4.74 Å². The van der Waals surface area contributed by atoms with Gasteiger partial charge in [0.1, 0.15) is 0 Å². The maximum absolute atomic E-state index is 5.73. The molecule has 0 saturated carbocycles. The van der Waals surface area contributed by atoms with Crippen molar-refractivity contribution in [2.24, 2.45) is 5.92 Å². The molecule has 0 radical (unpaired) electrons. The van der Waals surface area contributed by atoms with Gasteiger partial charge < -0.3 is 4.74 Å². The van der Waals surface area contributed by atoms with Crippen LogP contribution >= 0.6 is 0 Å². The topological polar surface area (TPSA) is 12.5 Å². The van der Waals surface area contributed by atoms with Crippen molar-refractivity contribution in [1.29, 1.82) is 0 Å². The van der Waals surface area contributed by atoms with Gasteiger partial charge >= 0.3 is 0 Å². The van der Waals surface area contributed by atoms with Crippen molar-refractivity contribution in [3.8, 4) is 12.3 Å². The molecule has 2 heteroatoms. The molecule has 1 heterocycles. The van der Waals surface area contributed by atoms with E-state index in [1.54, 1.807) is 0 Å². The standard InChI is InChI=1S/C13H23NO/c1-4-8-14-9-10-15-13(11-14)7-5-6-12(2)3/h1,12-13H,5-11H2,2-3H3/t13-/m1/s1. The molecule has 0 aromatic rings. The average Bonchev–Trinajstić information content (AvgIpc) is 2.18. The van der Waals surface area contributed by atoms with Crippen molar-refractivity contribution < 1.29 is 4.74 Å². The Morgan fingerprint density at radius 2 is 2.33 bits per heavy atom. The Hall–Kier alpha value is -0.520. The van der Waals surface area contributed by atoms with E-state index < -0.39 is 0 Å². The molecule has 0 bridgehead atoms. The van der Waals surface area contributed by atoms with Crippen molar-refractivity contribution >= 4 is 0 Å². The third-order valence-electron chi connectivity index (χ3n) is 2.85. The van der Waals surface area contributed by atoms with Crippen LogP contribution < -0.4 is 0 Å². The lowest BCUT2D eigenvalue weighted by Gasteiger charge is -2.31. The van der Waals surface area contributed by atoms with Crippen LogP contribution in [0.5, 0.6) is 0 Å². The van der Waals surface area contributed by atoms with E-state index in [9.17, 15) is 0 Å². The van der Waals surface area contributed by atoms with Gasteiger partial charge in [0.2, 0.25) is 0 Å². The predicted octanol–water partition coefficient (Wildman–Crippen LogP) is 2.15. The Morgan fingerprint density at radius 1 is 1.53 bits per heavy atom. The first kappa shape index (κ1) is 12.5. The molecular formula is C13H23NO. The van der Waals surface area contributed by atoms with Crippen LogP contribution in [0.4, 0.5) is 0 Å². The van der Waals surface area contributed by atoms with Crippen molar-refractivity contribution in [2.45, 2.75) is 39.2 Å². The SMILES string of the molecule is C#CCN1CCO[C@H](CCCC(C)C)C1. The molecule has 15 heavy (non-hydrogen) atoms. The fourth-order valence-electron chi connectivity index (χ4n) is 1.98. The highest BCUT2D eigenvalue weighted by molar-refractivity contribution is 4.89. The van der Waals surface area contributed by atoms with Crippen molar-refractivity contribution in [2.75, 3.05) is 26.2 Å². The van der Waals surface area contributed by atoms with Crippen LogP contribution in [0.1, 0.15) is 33.1 Å². The Kier molecular flexibility index (Phi) is 5.75. The molecule has 0 N–H and O–H groups in total. The summed E-state index contributed by atoms with van der Waals surface area (Å²) in [6.07, 6.45) is 9.47. The fourth-order valence-corrected chi connectivity index (χ4v) is 1.98. The summed E-state index contributed by atoms with van der Waals surface area (Å²) in [7, 11) is 0. The minimum Gasteiger partial charge on any atom is -0.376 e. The molecular weight excluding hydrogens is 186 g/mol. The van der Waals surface area contributed by atoms with Crippen molar-refractivity contribution in [3.63, 3.8) is 0 Å². The summed E-state index contributed by atoms with van der Waals surface area (Å²) >= 11 is 0. The van der Waals surface area contributed by atoms with E-state index in [1.807, 2.05) is 0 Å². The Labute approximate surface area is 94.0 Å². The Morgan fingerprint density at radius 3 is 3.00 bits per heavy atom. The molecule has 1 fully saturated rings. The molecule has 1 aliphatic heterocycles. The van der Waals surface area contributed by atoms with E-state index in [0.29, 0.717) is 6.10 Å². The van der Waals surface area contributed by atoms with Gasteiger partial charge in [-0.15, -0.1) is 6.42 Å². The lowest BCUT2D eigenvalue weighted by molar-refractivity contribution is -0.0288. The minimum absolute atomic E-state index is 0.408. The van der Waals surface area contributed by atoms with Crippen molar-refractivity contribution in [1.82, 2.24) is 4.90 Å². The van der Waals surface area contributed by atoms with E-state index in [2.05, 4.69) is 24.7 Å². The predicted molar refractivity (Wildman–Crippen MR) is 63.7 cm³/mol. The Bertz CT molecular complexity index is 207. The number of ether oxygens (including phenoxy) is 1. The van der Waals surface area contributed by atoms with E-state index in [-0.39, 0.29) is 0 Å². The average molecular weight is 209 g/mol. The first-order valence-electron chi connectivity index (χ1n) is 5.99. The van der Waals surface area contributed by atoms with E-state index in [0.717, 1.165) is 32.2 Å². The molecule has 0 aliphatic carbocycles. The zero-order valence-corrected chi connectivity index (χ0v) is 10.0. The molecule has 0 amide bonds. The second-order valence-corrected chi connectivity index (χ2v) is 4.76. The molecule has 86 valence electrons. The number of morpholine rings is 1. The zero-order valence-electron chi connectivity index (χ0n) is 10.0. The molecule has 0 spiro atoms. The van der Waals surface area contributed by atoms with Crippen LogP contribution in [0.2, 0.25) is 0 Å². The van der Waals surface area contributed by atoms with Gasteiger partial charge in [-0.05, 0) is 12.3 Å². The second kappa shape index (κ2) is 6.87. The van der Waals surface area contributed by atoms with Gasteiger partial charge in [-0.1, -0.05) is 32.6 Å². The summed E-state index contributed by atoms with van der Waals surface area (Å²) in [5.41, 5.74) is 0. The molecule has 0 aromatic heterocycles. The molecule has 1 atom stereocenters. The van der Waals surface area contributed by atoms with Crippen molar-refractivity contribution in [3.05, 3.63) is 0 Å². The lowest BCUT2D eigenvalue weighted by atomic mass is 10.0. The summed E-state index contributed by atoms with van der Waals surface area (Å²) in [6.45, 7) is 8.16. The molecule has 2 nitrogen and oxygen atoms in total.